The van der Waals surface area contributed by atoms with Crippen LogP contribution in [0.1, 0.15) is 18.4 Å². The van der Waals surface area contributed by atoms with E-state index in [1.807, 2.05) is 11.9 Å². The summed E-state index contributed by atoms with van der Waals surface area (Å²) >= 11 is 1.44. The fourth-order valence-corrected chi connectivity index (χ4v) is 4.54. The van der Waals surface area contributed by atoms with Gasteiger partial charge in [-0.25, -0.2) is 4.39 Å². The number of benzene rings is 1. The maximum Gasteiger partial charge on any atom is 0.246 e. The number of nitrogens with zero attached hydrogens (tertiary/aromatic N) is 1. The van der Waals surface area contributed by atoms with Crippen molar-refractivity contribution >= 4 is 23.6 Å². The molecule has 7 heteroatoms. The summed E-state index contributed by atoms with van der Waals surface area (Å²) in [4.78, 5) is 26.9. The van der Waals surface area contributed by atoms with Crippen molar-refractivity contribution in [3.63, 3.8) is 0 Å². The first-order valence-corrected chi connectivity index (χ1v) is 9.75. The molecule has 2 aliphatic rings. The van der Waals surface area contributed by atoms with Gasteiger partial charge < -0.3 is 15.5 Å². The molecule has 2 amide bonds. The summed E-state index contributed by atoms with van der Waals surface area (Å²) in [5.74, 6) is 0.0513. The summed E-state index contributed by atoms with van der Waals surface area (Å²) in [6.45, 7) is 1.43. The molecule has 2 fully saturated rings. The molecule has 0 radical (unpaired) electrons. The van der Waals surface area contributed by atoms with Crippen LogP contribution in [-0.4, -0.2) is 59.9 Å². The molecule has 2 N–H and O–H groups in total. The number of nitrogens with one attached hydrogen (secondary N) is 2. The summed E-state index contributed by atoms with van der Waals surface area (Å²) in [5.41, 5.74) is 0.535. The zero-order valence-electron chi connectivity index (χ0n) is 14.3. The van der Waals surface area contributed by atoms with E-state index in [4.69, 9.17) is 0 Å². The second-order valence-corrected chi connectivity index (χ2v) is 7.83. The SMILES string of the molecule is CNC1CCCN(C(=O)C2CSC(Cc3ccccc3F)C(=O)N2)C1. The number of amides is 2. The molecular weight excluding hydrogens is 341 g/mol. The first-order valence-electron chi connectivity index (χ1n) is 8.70. The fraction of sp³-hybridized carbons (Fsp3) is 0.556. The molecule has 0 aliphatic carbocycles. The molecule has 136 valence electrons. The average Bonchev–Trinajstić information content (AvgIpc) is 2.64. The molecule has 3 atom stereocenters. The van der Waals surface area contributed by atoms with Gasteiger partial charge in [-0.05, 0) is 37.9 Å². The van der Waals surface area contributed by atoms with Crippen LogP contribution in [0.3, 0.4) is 0 Å². The van der Waals surface area contributed by atoms with Gasteiger partial charge in [0.2, 0.25) is 11.8 Å². The number of halogens is 1. The number of carbonyl (C=O) groups is 2. The van der Waals surface area contributed by atoms with Crippen LogP contribution >= 0.6 is 11.8 Å². The number of likely N-dealkylation sites (tertiary alicyclic amines) is 1. The summed E-state index contributed by atoms with van der Waals surface area (Å²) in [7, 11) is 1.91. The number of thioether (sulfide) groups is 1. The molecule has 0 bridgehead atoms. The molecule has 5 nitrogen and oxygen atoms in total. The van der Waals surface area contributed by atoms with E-state index >= 15 is 0 Å². The van der Waals surface area contributed by atoms with Gasteiger partial charge in [-0.3, -0.25) is 9.59 Å². The van der Waals surface area contributed by atoms with Crippen molar-refractivity contribution < 1.29 is 14.0 Å². The van der Waals surface area contributed by atoms with Gasteiger partial charge in [-0.2, -0.15) is 0 Å². The predicted molar refractivity (Wildman–Crippen MR) is 96.9 cm³/mol. The van der Waals surface area contributed by atoms with Crippen molar-refractivity contribution in [1.82, 2.24) is 15.5 Å². The highest BCUT2D eigenvalue weighted by molar-refractivity contribution is 8.00. The lowest BCUT2D eigenvalue weighted by molar-refractivity contribution is -0.137. The lowest BCUT2D eigenvalue weighted by Gasteiger charge is -2.36. The summed E-state index contributed by atoms with van der Waals surface area (Å²) in [6, 6.07) is 6.35. The minimum Gasteiger partial charge on any atom is -0.343 e. The van der Waals surface area contributed by atoms with Crippen LogP contribution in [0, 0.1) is 5.82 Å². The van der Waals surface area contributed by atoms with Crippen molar-refractivity contribution in [1.29, 1.82) is 0 Å². The third-order valence-electron chi connectivity index (χ3n) is 4.88. The number of likely N-dealkylation sites (N-methyl/N-ethyl adjacent to an activating group) is 1. The van der Waals surface area contributed by atoms with Crippen LogP contribution in [0.5, 0.6) is 0 Å². The quantitative estimate of drug-likeness (QED) is 0.841. The Morgan fingerprint density at radius 3 is 2.96 bits per heavy atom. The van der Waals surface area contributed by atoms with Gasteiger partial charge in [0.05, 0.1) is 5.25 Å². The maximum atomic E-state index is 13.8. The lowest BCUT2D eigenvalue weighted by atomic mass is 10.0. The molecular formula is C18H24FN3O2S. The minimum absolute atomic E-state index is 0.00913. The van der Waals surface area contributed by atoms with Crippen LogP contribution in [0.2, 0.25) is 0 Å². The maximum absolute atomic E-state index is 13.8. The van der Waals surface area contributed by atoms with Gasteiger partial charge in [-0.15, -0.1) is 11.8 Å². The molecule has 1 aromatic rings. The summed E-state index contributed by atoms with van der Waals surface area (Å²) < 4.78 is 13.8. The van der Waals surface area contributed by atoms with Crippen molar-refractivity contribution in [2.75, 3.05) is 25.9 Å². The molecule has 3 unspecified atom stereocenters. The van der Waals surface area contributed by atoms with Crippen LogP contribution in [-0.2, 0) is 16.0 Å². The van der Waals surface area contributed by atoms with Gasteiger partial charge in [0.25, 0.3) is 0 Å². The van der Waals surface area contributed by atoms with E-state index in [0.717, 1.165) is 19.4 Å². The van der Waals surface area contributed by atoms with Crippen molar-refractivity contribution in [3.8, 4) is 0 Å². The number of carbonyl (C=O) groups excluding carboxylic acids is 2. The van der Waals surface area contributed by atoms with Crippen molar-refractivity contribution in [2.24, 2.45) is 0 Å². The zero-order chi connectivity index (χ0) is 17.8. The van der Waals surface area contributed by atoms with E-state index < -0.39 is 6.04 Å². The number of piperidine rings is 1. The van der Waals surface area contributed by atoms with Crippen LogP contribution in [0.15, 0.2) is 24.3 Å². The smallest absolute Gasteiger partial charge is 0.246 e. The zero-order valence-corrected chi connectivity index (χ0v) is 15.2. The van der Waals surface area contributed by atoms with E-state index in [9.17, 15) is 14.0 Å². The molecule has 3 rings (SSSR count). The van der Waals surface area contributed by atoms with E-state index in [1.54, 1.807) is 18.2 Å². The Balaban J connectivity index is 1.57. The normalized spacial score (nSPS) is 27.0. The molecule has 2 aliphatic heterocycles. The Morgan fingerprint density at radius 1 is 1.44 bits per heavy atom. The summed E-state index contributed by atoms with van der Waals surface area (Å²) in [6.07, 6.45) is 2.38. The highest BCUT2D eigenvalue weighted by Gasteiger charge is 2.35. The molecule has 0 saturated carbocycles. The molecule has 25 heavy (non-hydrogen) atoms. The van der Waals surface area contributed by atoms with Crippen LogP contribution < -0.4 is 10.6 Å². The predicted octanol–water partition coefficient (Wildman–Crippen LogP) is 1.18. The third-order valence-corrected chi connectivity index (χ3v) is 6.18. The van der Waals surface area contributed by atoms with Gasteiger partial charge in [0.15, 0.2) is 0 Å². The molecule has 1 aromatic carbocycles. The lowest BCUT2D eigenvalue weighted by Crippen LogP contribution is -2.58. The monoisotopic (exact) mass is 365 g/mol. The van der Waals surface area contributed by atoms with Gasteiger partial charge in [-0.1, -0.05) is 18.2 Å². The van der Waals surface area contributed by atoms with Crippen LogP contribution in [0.4, 0.5) is 4.39 Å². The number of rotatable bonds is 4. The first-order chi connectivity index (χ1) is 12.1. The summed E-state index contributed by atoms with van der Waals surface area (Å²) in [5, 5.41) is 5.71. The Bertz CT molecular complexity index is 643. The second-order valence-electron chi connectivity index (χ2n) is 6.59. The van der Waals surface area contributed by atoms with Gasteiger partial charge in [0.1, 0.15) is 11.9 Å². The second kappa shape index (κ2) is 8.19. The average molecular weight is 365 g/mol. The van der Waals surface area contributed by atoms with Gasteiger partial charge >= 0.3 is 0 Å². The largest absolute Gasteiger partial charge is 0.343 e. The highest BCUT2D eigenvalue weighted by Crippen LogP contribution is 2.24. The Hall–Kier alpha value is -1.60. The van der Waals surface area contributed by atoms with E-state index in [-0.39, 0.29) is 22.9 Å². The van der Waals surface area contributed by atoms with E-state index in [1.165, 1.54) is 17.8 Å². The molecule has 0 aromatic heterocycles. The molecule has 2 saturated heterocycles. The van der Waals surface area contributed by atoms with E-state index in [0.29, 0.717) is 30.3 Å². The molecule has 0 spiro atoms. The minimum atomic E-state index is -0.482. The highest BCUT2D eigenvalue weighted by atomic mass is 32.2. The number of hydrogen-bond donors (Lipinski definition) is 2. The fourth-order valence-electron chi connectivity index (χ4n) is 3.38. The Morgan fingerprint density at radius 2 is 2.24 bits per heavy atom. The molecule has 2 heterocycles. The third kappa shape index (κ3) is 4.33. The van der Waals surface area contributed by atoms with Crippen LogP contribution in [0.25, 0.3) is 0 Å². The topological polar surface area (TPSA) is 61.4 Å². The van der Waals surface area contributed by atoms with Gasteiger partial charge in [0, 0.05) is 24.9 Å². The Kier molecular flexibility index (Phi) is 5.96. The Labute approximate surface area is 151 Å². The number of hydrogen-bond acceptors (Lipinski definition) is 4. The van der Waals surface area contributed by atoms with Crippen molar-refractivity contribution in [3.05, 3.63) is 35.6 Å². The first kappa shape index (κ1) is 18.2. The standard InChI is InChI=1S/C18H24FN3O2S/c1-20-13-6-4-8-22(10-13)18(24)15-11-25-16(17(23)21-15)9-12-5-2-3-7-14(12)19/h2-3,5,7,13,15-16,20H,4,6,8-11H2,1H3,(H,21,23). The van der Waals surface area contributed by atoms with E-state index in [2.05, 4.69) is 10.6 Å². The van der Waals surface area contributed by atoms with Crippen molar-refractivity contribution in [2.45, 2.75) is 36.6 Å².